The van der Waals surface area contributed by atoms with Gasteiger partial charge in [-0.2, -0.15) is 0 Å². The van der Waals surface area contributed by atoms with Crippen molar-refractivity contribution in [1.29, 1.82) is 0 Å². The fourth-order valence-electron chi connectivity index (χ4n) is 2.70. The third-order valence-electron chi connectivity index (χ3n) is 3.74. The number of hydrogen-bond donors (Lipinski definition) is 1. The van der Waals surface area contributed by atoms with E-state index in [1.165, 1.54) is 0 Å². The number of carbonyl (C=O) groups excluding carboxylic acids is 1. The lowest BCUT2D eigenvalue weighted by Gasteiger charge is -2.14. The minimum absolute atomic E-state index is 0.125. The molecule has 0 radical (unpaired) electrons. The van der Waals surface area contributed by atoms with Crippen molar-refractivity contribution in [2.45, 2.75) is 26.4 Å². The Morgan fingerprint density at radius 3 is 2.92 bits per heavy atom. The molecule has 132 valence electrons. The SMILES string of the molecule is CCOc1cc2c(cc1NC(=O)COc1cccc(Cl)c1)OC(C)C2. The van der Waals surface area contributed by atoms with Crippen LogP contribution in [-0.4, -0.2) is 25.2 Å². The zero-order valence-electron chi connectivity index (χ0n) is 14.2. The van der Waals surface area contributed by atoms with Gasteiger partial charge in [0.2, 0.25) is 0 Å². The van der Waals surface area contributed by atoms with Crippen molar-refractivity contribution < 1.29 is 19.0 Å². The predicted octanol–water partition coefficient (Wildman–Crippen LogP) is 4.08. The van der Waals surface area contributed by atoms with Gasteiger partial charge >= 0.3 is 0 Å². The summed E-state index contributed by atoms with van der Waals surface area (Å²) >= 11 is 5.90. The van der Waals surface area contributed by atoms with Crippen LogP contribution in [0.15, 0.2) is 36.4 Å². The summed E-state index contributed by atoms with van der Waals surface area (Å²) in [5.41, 5.74) is 1.67. The highest BCUT2D eigenvalue weighted by Crippen LogP contribution is 2.38. The summed E-state index contributed by atoms with van der Waals surface area (Å²) in [6.07, 6.45) is 0.961. The first kappa shape index (κ1) is 17.4. The van der Waals surface area contributed by atoms with Crippen LogP contribution < -0.4 is 19.5 Å². The number of fused-ring (bicyclic) bond motifs is 1. The summed E-state index contributed by atoms with van der Waals surface area (Å²) in [5.74, 6) is 1.67. The zero-order chi connectivity index (χ0) is 17.8. The molecule has 25 heavy (non-hydrogen) atoms. The minimum atomic E-state index is -0.285. The van der Waals surface area contributed by atoms with Gasteiger partial charge in [0.1, 0.15) is 23.4 Å². The van der Waals surface area contributed by atoms with Crippen molar-refractivity contribution in [3.05, 3.63) is 47.0 Å². The van der Waals surface area contributed by atoms with Crippen LogP contribution in [0.4, 0.5) is 5.69 Å². The highest BCUT2D eigenvalue weighted by atomic mass is 35.5. The molecule has 1 unspecified atom stereocenters. The molecule has 1 heterocycles. The molecule has 0 saturated carbocycles. The summed E-state index contributed by atoms with van der Waals surface area (Å²) in [7, 11) is 0. The van der Waals surface area contributed by atoms with E-state index in [0.29, 0.717) is 28.8 Å². The minimum Gasteiger partial charge on any atom is -0.492 e. The van der Waals surface area contributed by atoms with Gasteiger partial charge in [0.05, 0.1) is 12.3 Å². The topological polar surface area (TPSA) is 56.8 Å². The van der Waals surface area contributed by atoms with Gasteiger partial charge in [-0.25, -0.2) is 0 Å². The second-order valence-electron chi connectivity index (χ2n) is 5.82. The Morgan fingerprint density at radius 1 is 1.32 bits per heavy atom. The van der Waals surface area contributed by atoms with Crippen LogP contribution in [0.25, 0.3) is 0 Å². The molecule has 0 bridgehead atoms. The summed E-state index contributed by atoms with van der Waals surface area (Å²) in [6.45, 7) is 4.30. The molecule has 6 heteroatoms. The number of hydrogen-bond acceptors (Lipinski definition) is 4. The fraction of sp³-hybridized carbons (Fsp3) is 0.316. The zero-order valence-corrected chi connectivity index (χ0v) is 14.9. The quantitative estimate of drug-likeness (QED) is 0.842. The average Bonchev–Trinajstić information content (AvgIpc) is 2.92. The Bertz CT molecular complexity index is 778. The van der Waals surface area contributed by atoms with E-state index in [1.54, 1.807) is 30.3 Å². The highest BCUT2D eigenvalue weighted by molar-refractivity contribution is 6.30. The molecule has 0 saturated heterocycles. The molecular formula is C19H20ClNO4. The molecule has 2 aromatic rings. The first-order valence-corrected chi connectivity index (χ1v) is 8.57. The van der Waals surface area contributed by atoms with E-state index in [4.69, 9.17) is 25.8 Å². The Labute approximate surface area is 151 Å². The van der Waals surface area contributed by atoms with Gasteiger partial charge in [-0.05, 0) is 38.1 Å². The lowest BCUT2D eigenvalue weighted by Crippen LogP contribution is -2.20. The molecule has 1 aliphatic heterocycles. The molecule has 2 aromatic carbocycles. The number of ether oxygens (including phenoxy) is 3. The molecule has 0 fully saturated rings. The number of nitrogens with one attached hydrogen (secondary N) is 1. The molecule has 1 atom stereocenters. The van der Waals surface area contributed by atoms with E-state index in [0.717, 1.165) is 17.7 Å². The predicted molar refractivity (Wildman–Crippen MR) is 97.0 cm³/mol. The maximum absolute atomic E-state index is 12.2. The van der Waals surface area contributed by atoms with Crippen LogP contribution in [0.3, 0.4) is 0 Å². The normalized spacial score (nSPS) is 15.2. The van der Waals surface area contributed by atoms with Gasteiger partial charge in [0, 0.05) is 23.1 Å². The molecule has 0 aliphatic carbocycles. The van der Waals surface area contributed by atoms with E-state index < -0.39 is 0 Å². The Morgan fingerprint density at radius 2 is 2.16 bits per heavy atom. The smallest absolute Gasteiger partial charge is 0.262 e. The number of halogens is 1. The first-order valence-electron chi connectivity index (χ1n) is 8.19. The van der Waals surface area contributed by atoms with Gasteiger partial charge in [-0.15, -0.1) is 0 Å². The lowest BCUT2D eigenvalue weighted by atomic mass is 10.1. The highest BCUT2D eigenvalue weighted by Gasteiger charge is 2.22. The van der Waals surface area contributed by atoms with Crippen LogP contribution in [-0.2, 0) is 11.2 Å². The van der Waals surface area contributed by atoms with E-state index >= 15 is 0 Å². The number of rotatable bonds is 6. The third kappa shape index (κ3) is 4.37. The molecule has 5 nitrogen and oxygen atoms in total. The monoisotopic (exact) mass is 361 g/mol. The molecule has 3 rings (SSSR count). The number of anilines is 1. The van der Waals surface area contributed by atoms with E-state index in [1.807, 2.05) is 19.9 Å². The summed E-state index contributed by atoms with van der Waals surface area (Å²) < 4.78 is 16.9. The summed E-state index contributed by atoms with van der Waals surface area (Å²) in [5, 5.41) is 3.38. The van der Waals surface area contributed by atoms with Crippen LogP contribution in [0, 0.1) is 0 Å². The van der Waals surface area contributed by atoms with E-state index in [2.05, 4.69) is 5.32 Å². The number of amides is 1. The fourth-order valence-corrected chi connectivity index (χ4v) is 2.88. The van der Waals surface area contributed by atoms with Crippen molar-refractivity contribution in [2.24, 2.45) is 0 Å². The summed E-state index contributed by atoms with van der Waals surface area (Å²) in [4.78, 5) is 12.2. The first-order chi connectivity index (χ1) is 12.0. The van der Waals surface area contributed by atoms with Crippen molar-refractivity contribution in [1.82, 2.24) is 0 Å². The van der Waals surface area contributed by atoms with E-state index in [-0.39, 0.29) is 18.6 Å². The lowest BCUT2D eigenvalue weighted by molar-refractivity contribution is -0.118. The molecule has 1 aliphatic rings. The molecule has 0 aromatic heterocycles. The van der Waals surface area contributed by atoms with Crippen molar-refractivity contribution in [2.75, 3.05) is 18.5 Å². The Hall–Kier alpha value is -2.40. The van der Waals surface area contributed by atoms with Gasteiger partial charge in [-0.1, -0.05) is 17.7 Å². The van der Waals surface area contributed by atoms with Crippen molar-refractivity contribution in [3.63, 3.8) is 0 Å². The second kappa shape index (κ2) is 7.66. The number of benzene rings is 2. The molecule has 1 amide bonds. The van der Waals surface area contributed by atoms with Gasteiger partial charge in [0.15, 0.2) is 6.61 Å². The Balaban J connectivity index is 1.69. The molecule has 0 spiro atoms. The van der Waals surface area contributed by atoms with Crippen LogP contribution in [0.5, 0.6) is 17.2 Å². The van der Waals surface area contributed by atoms with Gasteiger partial charge in [0.25, 0.3) is 5.91 Å². The van der Waals surface area contributed by atoms with Crippen LogP contribution in [0.2, 0.25) is 5.02 Å². The second-order valence-corrected chi connectivity index (χ2v) is 6.25. The van der Waals surface area contributed by atoms with Crippen molar-refractivity contribution in [3.8, 4) is 17.2 Å². The van der Waals surface area contributed by atoms with Crippen LogP contribution >= 0.6 is 11.6 Å². The largest absolute Gasteiger partial charge is 0.492 e. The maximum Gasteiger partial charge on any atom is 0.262 e. The maximum atomic E-state index is 12.2. The Kier molecular flexibility index (Phi) is 5.34. The van der Waals surface area contributed by atoms with Crippen LogP contribution in [0.1, 0.15) is 19.4 Å². The van der Waals surface area contributed by atoms with E-state index in [9.17, 15) is 4.79 Å². The summed E-state index contributed by atoms with van der Waals surface area (Å²) in [6, 6.07) is 10.6. The van der Waals surface area contributed by atoms with Gasteiger partial charge < -0.3 is 19.5 Å². The third-order valence-corrected chi connectivity index (χ3v) is 3.97. The molecular weight excluding hydrogens is 342 g/mol. The number of carbonyl (C=O) groups is 1. The average molecular weight is 362 g/mol. The van der Waals surface area contributed by atoms with Gasteiger partial charge in [-0.3, -0.25) is 4.79 Å². The standard InChI is InChI=1S/C19H20ClNO4/c1-3-23-18-8-13-7-12(2)25-17(13)10-16(18)21-19(22)11-24-15-6-4-5-14(20)9-15/h4-6,8-10,12H,3,7,11H2,1-2H3,(H,21,22). The molecule has 1 N–H and O–H groups in total. The van der Waals surface area contributed by atoms with Crippen molar-refractivity contribution >= 4 is 23.2 Å².